The van der Waals surface area contributed by atoms with Crippen LogP contribution in [-0.2, 0) is 21.2 Å². The number of carbonyl (C=O) groups is 1. The quantitative estimate of drug-likeness (QED) is 0.855. The van der Waals surface area contributed by atoms with Crippen LogP contribution in [0.2, 0.25) is 0 Å². The van der Waals surface area contributed by atoms with Gasteiger partial charge in [-0.15, -0.1) is 0 Å². The van der Waals surface area contributed by atoms with Gasteiger partial charge >= 0.3 is 0 Å². The van der Waals surface area contributed by atoms with Crippen molar-refractivity contribution in [3.05, 3.63) is 35.9 Å². The third-order valence-corrected chi connectivity index (χ3v) is 6.16. The topological polar surface area (TPSA) is 66.5 Å². The van der Waals surface area contributed by atoms with Crippen LogP contribution in [0.5, 0.6) is 0 Å². The molecule has 128 valence electrons. The minimum atomic E-state index is -3.08. The van der Waals surface area contributed by atoms with Crippen LogP contribution in [0, 0.1) is 0 Å². The van der Waals surface area contributed by atoms with E-state index in [9.17, 15) is 13.2 Å². The van der Waals surface area contributed by atoms with Gasteiger partial charge in [-0.2, -0.15) is 0 Å². The zero-order valence-corrected chi connectivity index (χ0v) is 14.7. The summed E-state index contributed by atoms with van der Waals surface area (Å²) in [6, 6.07) is 9.67. The average Bonchev–Trinajstić information content (AvgIpc) is 2.53. The number of nitrogens with one attached hydrogen (secondary N) is 1. The van der Waals surface area contributed by atoms with E-state index in [1.165, 1.54) is 6.26 Å². The van der Waals surface area contributed by atoms with Crippen molar-refractivity contribution < 1.29 is 13.2 Å². The number of likely N-dealkylation sites (N-methyl/N-ethyl adjacent to an activating group) is 1. The summed E-state index contributed by atoms with van der Waals surface area (Å²) in [5.74, 6) is -0.0748. The van der Waals surface area contributed by atoms with Crippen molar-refractivity contribution in [2.45, 2.75) is 43.5 Å². The van der Waals surface area contributed by atoms with Crippen molar-refractivity contribution in [1.29, 1.82) is 0 Å². The maximum Gasteiger partial charge on any atom is 0.234 e. The summed E-state index contributed by atoms with van der Waals surface area (Å²) in [6.07, 6.45) is 4.80. The predicted molar refractivity (Wildman–Crippen MR) is 91.8 cm³/mol. The second kappa shape index (κ2) is 7.93. The van der Waals surface area contributed by atoms with E-state index >= 15 is 0 Å². The second-order valence-electron chi connectivity index (χ2n) is 6.40. The first-order valence-corrected chi connectivity index (χ1v) is 10.0. The maximum absolute atomic E-state index is 12.1. The lowest BCUT2D eigenvalue weighted by Crippen LogP contribution is -2.49. The Morgan fingerprint density at radius 3 is 2.52 bits per heavy atom. The van der Waals surface area contributed by atoms with Gasteiger partial charge in [-0.05, 0) is 25.5 Å². The minimum Gasteiger partial charge on any atom is -0.351 e. The van der Waals surface area contributed by atoms with Crippen molar-refractivity contribution in [1.82, 2.24) is 10.2 Å². The fourth-order valence-electron chi connectivity index (χ4n) is 3.28. The fourth-order valence-corrected chi connectivity index (χ4v) is 4.79. The van der Waals surface area contributed by atoms with Gasteiger partial charge < -0.3 is 5.32 Å². The van der Waals surface area contributed by atoms with Crippen molar-refractivity contribution >= 4 is 15.7 Å². The molecule has 0 heterocycles. The van der Waals surface area contributed by atoms with Crippen LogP contribution < -0.4 is 5.32 Å². The SMILES string of the molecule is CN(CC(=O)NCc1ccccc1)[C@@H]1CCCC[C@@H]1S(C)(=O)=O. The third kappa shape index (κ3) is 5.32. The molecule has 0 aromatic heterocycles. The monoisotopic (exact) mass is 338 g/mol. The summed E-state index contributed by atoms with van der Waals surface area (Å²) in [7, 11) is -1.24. The lowest BCUT2D eigenvalue weighted by atomic mass is 9.94. The van der Waals surface area contributed by atoms with E-state index in [-0.39, 0.29) is 23.7 Å². The molecule has 0 radical (unpaired) electrons. The van der Waals surface area contributed by atoms with Gasteiger partial charge in [0.05, 0.1) is 11.8 Å². The lowest BCUT2D eigenvalue weighted by Gasteiger charge is -2.36. The molecule has 1 aliphatic carbocycles. The van der Waals surface area contributed by atoms with Crippen LogP contribution in [0.3, 0.4) is 0 Å². The zero-order chi connectivity index (χ0) is 16.9. The first kappa shape index (κ1) is 17.9. The molecule has 1 fully saturated rings. The van der Waals surface area contributed by atoms with Crippen LogP contribution in [0.1, 0.15) is 31.2 Å². The lowest BCUT2D eigenvalue weighted by molar-refractivity contribution is -0.122. The van der Waals surface area contributed by atoms with E-state index < -0.39 is 9.84 Å². The number of rotatable bonds is 6. The van der Waals surface area contributed by atoms with Gasteiger partial charge in [0, 0.05) is 18.8 Å². The highest BCUT2D eigenvalue weighted by atomic mass is 32.2. The van der Waals surface area contributed by atoms with Crippen molar-refractivity contribution in [2.24, 2.45) is 0 Å². The van der Waals surface area contributed by atoms with E-state index in [1.807, 2.05) is 42.3 Å². The molecule has 0 spiro atoms. The number of amides is 1. The van der Waals surface area contributed by atoms with Gasteiger partial charge in [0.2, 0.25) is 5.91 Å². The Kier molecular flexibility index (Phi) is 6.18. The molecule has 0 unspecified atom stereocenters. The van der Waals surface area contributed by atoms with E-state index in [0.717, 1.165) is 24.8 Å². The van der Waals surface area contributed by atoms with Gasteiger partial charge in [0.1, 0.15) is 0 Å². The number of carbonyl (C=O) groups excluding carboxylic acids is 1. The van der Waals surface area contributed by atoms with Crippen molar-refractivity contribution in [3.8, 4) is 0 Å². The molecule has 1 N–H and O–H groups in total. The van der Waals surface area contributed by atoms with Gasteiger partial charge in [0.25, 0.3) is 0 Å². The van der Waals surface area contributed by atoms with Crippen LogP contribution in [0.25, 0.3) is 0 Å². The Morgan fingerprint density at radius 2 is 1.87 bits per heavy atom. The molecule has 1 aliphatic rings. The normalized spacial score (nSPS) is 22.0. The molecule has 0 bridgehead atoms. The third-order valence-electron chi connectivity index (χ3n) is 4.51. The van der Waals surface area contributed by atoms with Crippen LogP contribution >= 0.6 is 0 Å². The Labute approximate surface area is 139 Å². The number of hydrogen-bond donors (Lipinski definition) is 1. The highest BCUT2D eigenvalue weighted by Crippen LogP contribution is 2.27. The number of sulfone groups is 1. The molecule has 1 amide bonds. The second-order valence-corrected chi connectivity index (χ2v) is 8.66. The van der Waals surface area contributed by atoms with Gasteiger partial charge in [-0.1, -0.05) is 43.2 Å². The van der Waals surface area contributed by atoms with E-state index in [2.05, 4.69) is 5.32 Å². The number of hydrogen-bond acceptors (Lipinski definition) is 4. The summed E-state index contributed by atoms with van der Waals surface area (Å²) >= 11 is 0. The fraction of sp³-hybridized carbons (Fsp3) is 0.588. The molecule has 1 saturated carbocycles. The Morgan fingerprint density at radius 1 is 1.22 bits per heavy atom. The van der Waals surface area contributed by atoms with E-state index in [0.29, 0.717) is 13.0 Å². The molecular weight excluding hydrogens is 312 g/mol. The van der Waals surface area contributed by atoms with Crippen LogP contribution in [0.4, 0.5) is 0 Å². The number of benzene rings is 1. The van der Waals surface area contributed by atoms with E-state index in [1.54, 1.807) is 0 Å². The molecular formula is C17H26N2O3S. The van der Waals surface area contributed by atoms with Gasteiger partial charge in [-0.3, -0.25) is 9.69 Å². The van der Waals surface area contributed by atoms with Crippen LogP contribution in [0.15, 0.2) is 30.3 Å². The van der Waals surface area contributed by atoms with Crippen LogP contribution in [-0.4, -0.2) is 50.4 Å². The Bertz CT molecular complexity index is 616. The number of nitrogens with zero attached hydrogens (tertiary/aromatic N) is 1. The van der Waals surface area contributed by atoms with Gasteiger partial charge in [0.15, 0.2) is 9.84 Å². The Balaban J connectivity index is 1.89. The summed E-state index contributed by atoms with van der Waals surface area (Å²) in [4.78, 5) is 14.0. The molecule has 0 aliphatic heterocycles. The maximum atomic E-state index is 12.1. The highest BCUT2D eigenvalue weighted by molar-refractivity contribution is 7.91. The summed E-state index contributed by atoms with van der Waals surface area (Å²) < 4.78 is 23.9. The van der Waals surface area contributed by atoms with Crippen molar-refractivity contribution in [3.63, 3.8) is 0 Å². The average molecular weight is 338 g/mol. The molecule has 23 heavy (non-hydrogen) atoms. The largest absolute Gasteiger partial charge is 0.351 e. The molecule has 1 aromatic rings. The molecule has 6 heteroatoms. The molecule has 2 atom stereocenters. The predicted octanol–water partition coefficient (Wildman–Crippen LogP) is 1.59. The molecule has 2 rings (SSSR count). The van der Waals surface area contributed by atoms with E-state index in [4.69, 9.17) is 0 Å². The summed E-state index contributed by atoms with van der Waals surface area (Å²) in [5, 5.41) is 2.53. The minimum absolute atomic E-state index is 0.0683. The molecule has 1 aromatic carbocycles. The first-order valence-electron chi connectivity index (χ1n) is 8.07. The smallest absolute Gasteiger partial charge is 0.234 e. The van der Waals surface area contributed by atoms with Crippen molar-refractivity contribution in [2.75, 3.05) is 19.8 Å². The Hall–Kier alpha value is -1.40. The standard InChI is InChI=1S/C17H26N2O3S/c1-19(15-10-6-7-11-16(15)23(2,21)22)13-17(20)18-12-14-8-4-3-5-9-14/h3-5,8-9,15-16H,6-7,10-13H2,1-2H3,(H,18,20)/t15-,16+/m1/s1. The highest BCUT2D eigenvalue weighted by Gasteiger charge is 2.35. The van der Waals surface area contributed by atoms with Gasteiger partial charge in [-0.25, -0.2) is 8.42 Å². The molecule has 5 nitrogen and oxygen atoms in total. The summed E-state index contributed by atoms with van der Waals surface area (Å²) in [5.41, 5.74) is 1.05. The summed E-state index contributed by atoms with van der Waals surface area (Å²) in [6.45, 7) is 0.719. The zero-order valence-electron chi connectivity index (χ0n) is 13.9. The first-order chi connectivity index (χ1) is 10.9. The molecule has 0 saturated heterocycles.